The van der Waals surface area contributed by atoms with Gasteiger partial charge in [0.15, 0.2) is 5.82 Å². The fourth-order valence-corrected chi connectivity index (χ4v) is 5.66. The Morgan fingerprint density at radius 1 is 1.00 bits per heavy atom. The number of nitrogens with zero attached hydrogens (tertiary/aromatic N) is 3. The Morgan fingerprint density at radius 2 is 1.83 bits per heavy atom. The Balaban J connectivity index is 1.39. The Kier molecular flexibility index (Phi) is 3.36. The summed E-state index contributed by atoms with van der Waals surface area (Å²) in [7, 11) is 0. The van der Waals surface area contributed by atoms with Crippen molar-refractivity contribution in [1.29, 1.82) is 0 Å². The average molecular weight is 315 g/mol. The molecule has 1 aromatic rings. The smallest absolute Gasteiger partial charge is 0.164 e. The number of pyridine rings is 1. The first-order valence-corrected chi connectivity index (χ1v) is 9.40. The first kappa shape index (κ1) is 14.2. The predicted octanol–water partition coefficient (Wildman–Crippen LogP) is 3.31. The van der Waals surface area contributed by atoms with Crippen LogP contribution in [0.4, 0.5) is 10.1 Å². The molecule has 0 unspecified atom stereocenters. The SMILES string of the molecule is Fc1cnccc1N1C[C@@H]2C[C@H](C1)[C@@H]1CCC[C@H](C3CC3)N1C2. The first-order chi connectivity index (χ1) is 11.3. The highest BCUT2D eigenvalue weighted by molar-refractivity contribution is 5.47. The number of piperidine rings is 3. The number of aromatic nitrogens is 1. The van der Waals surface area contributed by atoms with Crippen LogP contribution in [0.3, 0.4) is 0 Å². The van der Waals surface area contributed by atoms with E-state index in [4.69, 9.17) is 0 Å². The molecule has 3 saturated heterocycles. The molecule has 1 aliphatic carbocycles. The van der Waals surface area contributed by atoms with Gasteiger partial charge in [0.1, 0.15) is 0 Å². The molecule has 3 nitrogen and oxygen atoms in total. The van der Waals surface area contributed by atoms with Gasteiger partial charge in [0.05, 0.1) is 11.9 Å². The number of hydrogen-bond donors (Lipinski definition) is 0. The minimum atomic E-state index is -0.163. The molecule has 4 aliphatic rings. The first-order valence-electron chi connectivity index (χ1n) is 9.40. The quantitative estimate of drug-likeness (QED) is 0.835. The van der Waals surface area contributed by atoms with Gasteiger partial charge in [0.25, 0.3) is 0 Å². The van der Waals surface area contributed by atoms with Crippen molar-refractivity contribution < 1.29 is 4.39 Å². The second kappa shape index (κ2) is 5.44. The van der Waals surface area contributed by atoms with Crippen LogP contribution in [0.2, 0.25) is 0 Å². The van der Waals surface area contributed by atoms with Crippen LogP contribution in [0.1, 0.15) is 38.5 Å². The van der Waals surface area contributed by atoms with E-state index in [2.05, 4.69) is 14.8 Å². The van der Waals surface area contributed by atoms with E-state index in [1.54, 1.807) is 6.20 Å². The molecule has 4 fully saturated rings. The van der Waals surface area contributed by atoms with E-state index in [-0.39, 0.29) is 5.82 Å². The van der Waals surface area contributed by atoms with E-state index in [1.807, 2.05) is 6.07 Å². The summed E-state index contributed by atoms with van der Waals surface area (Å²) in [6.07, 6.45) is 11.5. The maximum atomic E-state index is 14.1. The number of halogens is 1. The number of fused-ring (bicyclic) bond motifs is 4. The van der Waals surface area contributed by atoms with E-state index >= 15 is 0 Å². The van der Waals surface area contributed by atoms with Crippen LogP contribution >= 0.6 is 0 Å². The molecule has 5 rings (SSSR count). The Morgan fingerprint density at radius 3 is 2.61 bits per heavy atom. The van der Waals surface area contributed by atoms with E-state index in [0.717, 1.165) is 42.7 Å². The molecule has 0 N–H and O–H groups in total. The van der Waals surface area contributed by atoms with Crippen LogP contribution in [0.15, 0.2) is 18.5 Å². The van der Waals surface area contributed by atoms with E-state index in [0.29, 0.717) is 5.92 Å². The van der Waals surface area contributed by atoms with Crippen LogP contribution in [0, 0.1) is 23.6 Å². The van der Waals surface area contributed by atoms with Gasteiger partial charge < -0.3 is 4.90 Å². The van der Waals surface area contributed by atoms with Crippen molar-refractivity contribution in [2.45, 2.75) is 50.6 Å². The molecular weight excluding hydrogens is 289 g/mol. The van der Waals surface area contributed by atoms with Crippen LogP contribution in [-0.4, -0.2) is 41.6 Å². The van der Waals surface area contributed by atoms with Crippen LogP contribution in [0.5, 0.6) is 0 Å². The highest BCUT2D eigenvalue weighted by atomic mass is 19.1. The largest absolute Gasteiger partial charge is 0.368 e. The highest BCUT2D eigenvalue weighted by Crippen LogP contribution is 2.46. The standard InChI is InChI=1S/C19H26FN3/c20-16-9-21-7-6-19(16)22-10-13-8-15(12-22)18-3-1-2-17(14-4-5-14)23(18)11-13/h6-7,9,13-15,17-18H,1-5,8,10-12H2/t13-,15+,17+,18-/m0/s1. The fourth-order valence-electron chi connectivity index (χ4n) is 5.66. The maximum absolute atomic E-state index is 14.1. The third-order valence-corrected chi connectivity index (χ3v) is 6.69. The van der Waals surface area contributed by atoms with Gasteiger partial charge >= 0.3 is 0 Å². The summed E-state index contributed by atoms with van der Waals surface area (Å²) in [4.78, 5) is 9.09. The summed E-state index contributed by atoms with van der Waals surface area (Å²) in [5.74, 6) is 2.25. The minimum Gasteiger partial charge on any atom is -0.368 e. The molecule has 1 saturated carbocycles. The fraction of sp³-hybridized carbons (Fsp3) is 0.737. The molecule has 1 aromatic heterocycles. The van der Waals surface area contributed by atoms with Gasteiger partial charge in [-0.1, -0.05) is 6.42 Å². The normalized spacial score (nSPS) is 37.5. The number of anilines is 1. The summed E-state index contributed by atoms with van der Waals surface area (Å²) in [5.41, 5.74) is 0.762. The van der Waals surface area contributed by atoms with Crippen molar-refractivity contribution in [3.8, 4) is 0 Å². The lowest BCUT2D eigenvalue weighted by atomic mass is 9.74. The van der Waals surface area contributed by atoms with Crippen LogP contribution in [0.25, 0.3) is 0 Å². The van der Waals surface area contributed by atoms with Gasteiger partial charge in [0.2, 0.25) is 0 Å². The second-order valence-electron chi connectivity index (χ2n) is 8.19. The maximum Gasteiger partial charge on any atom is 0.164 e. The second-order valence-corrected chi connectivity index (χ2v) is 8.19. The van der Waals surface area contributed by atoms with Crippen molar-refractivity contribution in [2.75, 3.05) is 24.5 Å². The van der Waals surface area contributed by atoms with Gasteiger partial charge in [0, 0.05) is 37.9 Å². The van der Waals surface area contributed by atoms with Crippen molar-refractivity contribution in [3.05, 3.63) is 24.3 Å². The Hall–Kier alpha value is -1.16. The van der Waals surface area contributed by atoms with E-state index in [9.17, 15) is 4.39 Å². The predicted molar refractivity (Wildman–Crippen MR) is 88.9 cm³/mol. The molecular formula is C19H26FN3. The number of hydrogen-bond acceptors (Lipinski definition) is 3. The summed E-state index contributed by atoms with van der Waals surface area (Å²) >= 11 is 0. The Labute approximate surface area is 137 Å². The zero-order valence-corrected chi connectivity index (χ0v) is 13.7. The third kappa shape index (κ3) is 2.46. The van der Waals surface area contributed by atoms with E-state index in [1.165, 1.54) is 51.3 Å². The van der Waals surface area contributed by atoms with Gasteiger partial charge in [-0.15, -0.1) is 0 Å². The monoisotopic (exact) mass is 315 g/mol. The van der Waals surface area contributed by atoms with Gasteiger partial charge in [-0.25, -0.2) is 4.39 Å². The Bertz CT molecular complexity index is 588. The lowest BCUT2D eigenvalue weighted by Gasteiger charge is -2.55. The van der Waals surface area contributed by atoms with Crippen molar-refractivity contribution >= 4 is 5.69 Å². The topological polar surface area (TPSA) is 19.4 Å². The molecule has 3 aliphatic heterocycles. The molecule has 0 radical (unpaired) electrons. The number of rotatable bonds is 2. The molecule has 124 valence electrons. The molecule has 4 atom stereocenters. The van der Waals surface area contributed by atoms with Crippen LogP contribution in [-0.2, 0) is 0 Å². The van der Waals surface area contributed by atoms with Gasteiger partial charge in [-0.3, -0.25) is 9.88 Å². The lowest BCUT2D eigenvalue weighted by Crippen LogP contribution is -2.62. The van der Waals surface area contributed by atoms with Gasteiger partial charge in [-0.2, -0.15) is 0 Å². The van der Waals surface area contributed by atoms with Crippen LogP contribution < -0.4 is 4.90 Å². The van der Waals surface area contributed by atoms with Crippen molar-refractivity contribution in [1.82, 2.24) is 9.88 Å². The zero-order valence-electron chi connectivity index (χ0n) is 13.7. The molecule has 0 aromatic carbocycles. The molecule has 0 amide bonds. The van der Waals surface area contributed by atoms with E-state index < -0.39 is 0 Å². The van der Waals surface area contributed by atoms with Crippen molar-refractivity contribution in [3.63, 3.8) is 0 Å². The summed E-state index contributed by atoms with van der Waals surface area (Å²) in [5, 5.41) is 0. The molecule has 4 heteroatoms. The third-order valence-electron chi connectivity index (χ3n) is 6.69. The molecule has 23 heavy (non-hydrogen) atoms. The highest BCUT2D eigenvalue weighted by Gasteiger charge is 2.48. The van der Waals surface area contributed by atoms with Gasteiger partial charge in [-0.05, 0) is 55.9 Å². The summed E-state index contributed by atoms with van der Waals surface area (Å²) in [6.45, 7) is 3.28. The average Bonchev–Trinajstić information content (AvgIpc) is 3.39. The molecule has 4 heterocycles. The minimum absolute atomic E-state index is 0.163. The lowest BCUT2D eigenvalue weighted by molar-refractivity contribution is -0.0259. The van der Waals surface area contributed by atoms with Crippen molar-refractivity contribution in [2.24, 2.45) is 17.8 Å². The summed E-state index contributed by atoms with van der Waals surface area (Å²) in [6, 6.07) is 3.46. The molecule has 2 bridgehead atoms. The summed E-state index contributed by atoms with van der Waals surface area (Å²) < 4.78 is 14.1. The molecule has 0 spiro atoms. The zero-order chi connectivity index (χ0) is 15.4.